The number of hydrogen-bond donors (Lipinski definition) is 1. The maximum Gasteiger partial charge on any atom is 0.308 e. The fourth-order valence-corrected chi connectivity index (χ4v) is 3.57. The highest BCUT2D eigenvalue weighted by molar-refractivity contribution is 5.79. The molecule has 0 bridgehead atoms. The number of amides is 1. The van der Waals surface area contributed by atoms with E-state index in [1.54, 1.807) is 4.90 Å². The molecule has 0 unspecified atom stereocenters. The number of carboxylic acid groups (broad SMARTS) is 1. The summed E-state index contributed by atoms with van der Waals surface area (Å²) in [5.74, 6) is 0.259. The number of nitrogens with zero attached hydrogens (tertiary/aromatic N) is 1. The Kier molecular flexibility index (Phi) is 4.78. The first-order valence-corrected chi connectivity index (χ1v) is 8.66. The number of hydrogen-bond acceptors (Lipinski definition) is 3. The van der Waals surface area contributed by atoms with Crippen molar-refractivity contribution in [3.63, 3.8) is 0 Å². The van der Waals surface area contributed by atoms with Crippen molar-refractivity contribution in [2.75, 3.05) is 19.7 Å². The van der Waals surface area contributed by atoms with Gasteiger partial charge in [0.15, 0.2) is 0 Å². The van der Waals surface area contributed by atoms with Crippen LogP contribution >= 0.6 is 0 Å². The second-order valence-electron chi connectivity index (χ2n) is 7.11. The van der Waals surface area contributed by atoms with E-state index in [2.05, 4.69) is 0 Å². The number of aliphatic carboxylic acids is 1. The maximum atomic E-state index is 12.4. The van der Waals surface area contributed by atoms with E-state index in [0.29, 0.717) is 25.6 Å². The number of likely N-dealkylation sites (tertiary alicyclic amines) is 1. The number of carbonyl (C=O) groups excluding carboxylic acids is 1. The van der Waals surface area contributed by atoms with Gasteiger partial charge in [-0.3, -0.25) is 9.59 Å². The van der Waals surface area contributed by atoms with Crippen molar-refractivity contribution in [3.8, 4) is 5.75 Å². The van der Waals surface area contributed by atoms with Crippen molar-refractivity contribution >= 4 is 11.9 Å². The average Bonchev–Trinajstić information content (AvgIpc) is 3.28. The zero-order valence-corrected chi connectivity index (χ0v) is 14.3. The fourth-order valence-electron chi connectivity index (χ4n) is 3.57. The van der Waals surface area contributed by atoms with Crippen LogP contribution in [0.15, 0.2) is 18.2 Å². The molecule has 2 aliphatic rings. The van der Waals surface area contributed by atoms with E-state index in [1.807, 2.05) is 32.0 Å². The van der Waals surface area contributed by atoms with Crippen LogP contribution in [0.2, 0.25) is 0 Å². The lowest BCUT2D eigenvalue weighted by molar-refractivity contribution is -0.142. The molecule has 0 aromatic heterocycles. The molecule has 1 saturated carbocycles. The van der Waals surface area contributed by atoms with Crippen LogP contribution in [0, 0.1) is 31.6 Å². The highest BCUT2D eigenvalue weighted by atomic mass is 16.5. The lowest BCUT2D eigenvalue weighted by Crippen LogP contribution is -2.30. The van der Waals surface area contributed by atoms with Crippen molar-refractivity contribution in [1.82, 2.24) is 4.90 Å². The number of rotatable bonds is 6. The normalized spacial score (nSPS) is 23.3. The Bertz CT molecular complexity index is 638. The molecule has 0 radical (unpaired) electrons. The molecule has 2 fully saturated rings. The van der Waals surface area contributed by atoms with Gasteiger partial charge in [0, 0.05) is 13.1 Å². The number of ether oxygens (including phenoxy) is 1. The minimum Gasteiger partial charge on any atom is -0.493 e. The summed E-state index contributed by atoms with van der Waals surface area (Å²) in [5.41, 5.74) is 2.17. The van der Waals surface area contributed by atoms with Gasteiger partial charge in [0.05, 0.1) is 18.9 Å². The summed E-state index contributed by atoms with van der Waals surface area (Å²) >= 11 is 0. The lowest BCUT2D eigenvalue weighted by atomic mass is 9.92. The molecular weight excluding hydrogens is 306 g/mol. The highest BCUT2D eigenvalue weighted by Gasteiger charge is 2.46. The molecule has 3 rings (SSSR count). The summed E-state index contributed by atoms with van der Waals surface area (Å²) in [6.07, 6.45) is 2.50. The van der Waals surface area contributed by atoms with E-state index >= 15 is 0 Å². The van der Waals surface area contributed by atoms with E-state index in [1.165, 1.54) is 0 Å². The van der Waals surface area contributed by atoms with Crippen molar-refractivity contribution in [2.45, 2.75) is 33.1 Å². The summed E-state index contributed by atoms with van der Waals surface area (Å²) in [4.78, 5) is 25.5. The van der Waals surface area contributed by atoms with Gasteiger partial charge >= 0.3 is 5.97 Å². The van der Waals surface area contributed by atoms with Crippen molar-refractivity contribution in [2.24, 2.45) is 17.8 Å². The summed E-state index contributed by atoms with van der Waals surface area (Å²) in [6.45, 7) is 5.24. The number of benzene rings is 1. The van der Waals surface area contributed by atoms with Gasteiger partial charge in [0.2, 0.25) is 5.91 Å². The first kappa shape index (κ1) is 16.8. The molecule has 1 aliphatic heterocycles. The minimum absolute atomic E-state index is 0.00490. The van der Waals surface area contributed by atoms with E-state index in [0.717, 1.165) is 29.7 Å². The molecule has 1 N–H and O–H groups in total. The van der Waals surface area contributed by atoms with Crippen molar-refractivity contribution in [1.29, 1.82) is 0 Å². The summed E-state index contributed by atoms with van der Waals surface area (Å²) < 4.78 is 5.74. The topological polar surface area (TPSA) is 66.8 Å². The molecular formula is C19H25NO4. The van der Waals surface area contributed by atoms with Gasteiger partial charge in [-0.1, -0.05) is 12.1 Å². The first-order valence-electron chi connectivity index (χ1n) is 8.66. The van der Waals surface area contributed by atoms with E-state index in [9.17, 15) is 14.7 Å². The highest BCUT2D eigenvalue weighted by Crippen LogP contribution is 2.44. The Morgan fingerprint density at radius 1 is 1.25 bits per heavy atom. The standard InChI is InChI=1S/C19H25NO4/c1-12-3-4-13(2)17(9-12)24-8-7-18(21)20-10-15(14-5-6-14)16(11-20)19(22)23/h3-4,9,14-16H,5-8,10-11H2,1-2H3,(H,22,23)/t15-,16+/m1/s1. The van der Waals surface area contributed by atoms with Gasteiger partial charge in [-0.05, 0) is 55.7 Å². The Labute approximate surface area is 142 Å². The molecule has 1 amide bonds. The van der Waals surface area contributed by atoms with E-state index in [4.69, 9.17) is 4.74 Å². The van der Waals surface area contributed by atoms with Gasteiger partial charge in [-0.25, -0.2) is 0 Å². The lowest BCUT2D eigenvalue weighted by Gasteiger charge is -2.17. The first-order chi connectivity index (χ1) is 11.5. The molecule has 1 heterocycles. The van der Waals surface area contributed by atoms with Crippen LogP contribution < -0.4 is 4.74 Å². The number of carbonyl (C=O) groups is 2. The van der Waals surface area contributed by atoms with Gasteiger partial charge in [0.25, 0.3) is 0 Å². The van der Waals surface area contributed by atoms with Gasteiger partial charge in [-0.2, -0.15) is 0 Å². The van der Waals surface area contributed by atoms with Crippen LogP contribution in [0.4, 0.5) is 0 Å². The van der Waals surface area contributed by atoms with Gasteiger partial charge < -0.3 is 14.7 Å². The fraction of sp³-hybridized carbons (Fsp3) is 0.579. The number of aryl methyl sites for hydroxylation is 2. The Morgan fingerprint density at radius 3 is 2.67 bits per heavy atom. The van der Waals surface area contributed by atoms with Gasteiger partial charge in [-0.15, -0.1) is 0 Å². The molecule has 5 heteroatoms. The molecule has 2 atom stereocenters. The summed E-state index contributed by atoms with van der Waals surface area (Å²) in [7, 11) is 0. The third kappa shape index (κ3) is 3.71. The Morgan fingerprint density at radius 2 is 2.00 bits per heavy atom. The molecule has 5 nitrogen and oxygen atoms in total. The van der Waals surface area contributed by atoms with Gasteiger partial charge in [0.1, 0.15) is 5.75 Å². The predicted octanol–water partition coefficient (Wildman–Crippen LogP) is 2.64. The number of carboxylic acids is 1. The third-order valence-electron chi connectivity index (χ3n) is 5.18. The molecule has 1 aromatic carbocycles. The zero-order valence-electron chi connectivity index (χ0n) is 14.3. The van der Waals surface area contributed by atoms with Crippen LogP contribution in [-0.2, 0) is 9.59 Å². The second-order valence-corrected chi connectivity index (χ2v) is 7.11. The Hall–Kier alpha value is -2.04. The average molecular weight is 331 g/mol. The minimum atomic E-state index is -0.770. The van der Waals surface area contributed by atoms with E-state index in [-0.39, 0.29) is 18.2 Å². The van der Waals surface area contributed by atoms with E-state index < -0.39 is 11.9 Å². The van der Waals surface area contributed by atoms with Crippen molar-refractivity contribution in [3.05, 3.63) is 29.3 Å². The second kappa shape index (κ2) is 6.83. The smallest absolute Gasteiger partial charge is 0.308 e. The van der Waals surface area contributed by atoms with Crippen LogP contribution in [0.5, 0.6) is 5.75 Å². The van der Waals surface area contributed by atoms with Crippen LogP contribution in [-0.4, -0.2) is 41.6 Å². The van der Waals surface area contributed by atoms with Crippen LogP contribution in [0.3, 0.4) is 0 Å². The summed E-state index contributed by atoms with van der Waals surface area (Å²) in [5, 5.41) is 9.38. The SMILES string of the molecule is Cc1ccc(C)c(OCCC(=O)N2C[C@H](C(=O)O)[C@@H](C3CC3)C2)c1. The quantitative estimate of drug-likeness (QED) is 0.870. The molecule has 1 saturated heterocycles. The molecule has 1 aliphatic carbocycles. The van der Waals surface area contributed by atoms with Crippen LogP contribution in [0.1, 0.15) is 30.4 Å². The maximum absolute atomic E-state index is 12.4. The molecule has 1 aromatic rings. The third-order valence-corrected chi connectivity index (χ3v) is 5.18. The predicted molar refractivity (Wildman–Crippen MR) is 89.9 cm³/mol. The molecule has 130 valence electrons. The monoisotopic (exact) mass is 331 g/mol. The summed E-state index contributed by atoms with van der Waals surface area (Å²) in [6, 6.07) is 6.01. The largest absolute Gasteiger partial charge is 0.493 e. The van der Waals surface area contributed by atoms with Crippen molar-refractivity contribution < 1.29 is 19.4 Å². The zero-order chi connectivity index (χ0) is 17.3. The molecule has 24 heavy (non-hydrogen) atoms. The van der Waals surface area contributed by atoms with Crippen LogP contribution in [0.25, 0.3) is 0 Å². The molecule has 0 spiro atoms. The Balaban J connectivity index is 1.52.